The first-order valence-electron chi connectivity index (χ1n) is 7.98. The Kier molecular flexibility index (Phi) is 5.62. The number of unbranched alkanes of at least 4 members (excludes halogenated alkanes) is 1. The molecule has 0 N–H and O–H groups in total. The van der Waals surface area contributed by atoms with E-state index < -0.39 is 5.79 Å². The number of rotatable bonds is 6. The standard InChI is InChI=1S/C18H28O2/c1-4-5-11-16-14-17(20-18(2,3)19-16)13-12-15-9-7-6-8-10-15/h6-10,16-17H,4-5,11-14H2,1-3H3/t16-,17+/m0/s1. The van der Waals surface area contributed by atoms with Crippen LogP contribution in [0.1, 0.15) is 58.4 Å². The average Bonchev–Trinajstić information content (AvgIpc) is 2.42. The molecule has 2 rings (SSSR count). The summed E-state index contributed by atoms with van der Waals surface area (Å²) < 4.78 is 12.1. The van der Waals surface area contributed by atoms with Crippen LogP contribution in [-0.2, 0) is 15.9 Å². The van der Waals surface area contributed by atoms with Crippen molar-refractivity contribution in [1.29, 1.82) is 0 Å². The monoisotopic (exact) mass is 276 g/mol. The maximum atomic E-state index is 6.08. The van der Waals surface area contributed by atoms with E-state index in [1.807, 2.05) is 13.8 Å². The molecular formula is C18H28O2. The van der Waals surface area contributed by atoms with Crippen LogP contribution in [0, 0.1) is 0 Å². The lowest BCUT2D eigenvalue weighted by molar-refractivity contribution is -0.301. The smallest absolute Gasteiger partial charge is 0.163 e. The van der Waals surface area contributed by atoms with Gasteiger partial charge < -0.3 is 9.47 Å². The van der Waals surface area contributed by atoms with E-state index in [0.717, 1.165) is 25.7 Å². The third-order valence-corrected chi connectivity index (χ3v) is 3.90. The Morgan fingerprint density at radius 3 is 2.35 bits per heavy atom. The van der Waals surface area contributed by atoms with Gasteiger partial charge in [0.1, 0.15) is 0 Å². The van der Waals surface area contributed by atoms with Crippen molar-refractivity contribution in [2.75, 3.05) is 0 Å². The molecule has 1 aliphatic rings. The first kappa shape index (κ1) is 15.5. The lowest BCUT2D eigenvalue weighted by atomic mass is 9.98. The molecule has 2 atom stereocenters. The Bertz CT molecular complexity index is 386. The molecule has 1 fully saturated rings. The van der Waals surface area contributed by atoms with Gasteiger partial charge in [-0.05, 0) is 38.7 Å². The fourth-order valence-corrected chi connectivity index (χ4v) is 2.98. The molecule has 0 bridgehead atoms. The summed E-state index contributed by atoms with van der Waals surface area (Å²) in [5.41, 5.74) is 1.39. The molecular weight excluding hydrogens is 248 g/mol. The molecule has 0 spiro atoms. The molecule has 1 aliphatic heterocycles. The summed E-state index contributed by atoms with van der Waals surface area (Å²) >= 11 is 0. The van der Waals surface area contributed by atoms with Crippen LogP contribution < -0.4 is 0 Å². The number of ether oxygens (including phenoxy) is 2. The highest BCUT2D eigenvalue weighted by Crippen LogP contribution is 2.31. The van der Waals surface area contributed by atoms with Crippen LogP contribution in [0.2, 0.25) is 0 Å². The van der Waals surface area contributed by atoms with Crippen LogP contribution in [0.5, 0.6) is 0 Å². The second-order valence-corrected chi connectivity index (χ2v) is 6.28. The van der Waals surface area contributed by atoms with Crippen molar-refractivity contribution in [3.63, 3.8) is 0 Å². The van der Waals surface area contributed by atoms with Gasteiger partial charge in [0.05, 0.1) is 12.2 Å². The third kappa shape index (κ3) is 4.92. The Hall–Kier alpha value is -0.860. The highest BCUT2D eigenvalue weighted by atomic mass is 16.7. The van der Waals surface area contributed by atoms with Crippen LogP contribution in [-0.4, -0.2) is 18.0 Å². The number of benzene rings is 1. The molecule has 1 saturated heterocycles. The van der Waals surface area contributed by atoms with Crippen molar-refractivity contribution in [1.82, 2.24) is 0 Å². The predicted molar refractivity (Wildman–Crippen MR) is 82.7 cm³/mol. The normalized spacial score (nSPS) is 25.6. The maximum Gasteiger partial charge on any atom is 0.163 e. The molecule has 0 aliphatic carbocycles. The van der Waals surface area contributed by atoms with Gasteiger partial charge in [-0.25, -0.2) is 0 Å². The summed E-state index contributed by atoms with van der Waals surface area (Å²) in [5, 5.41) is 0. The molecule has 1 aromatic rings. The molecule has 1 aromatic carbocycles. The van der Waals surface area contributed by atoms with E-state index >= 15 is 0 Å². The van der Waals surface area contributed by atoms with Crippen LogP contribution in [0.3, 0.4) is 0 Å². The second kappa shape index (κ2) is 7.24. The Morgan fingerprint density at radius 2 is 1.70 bits per heavy atom. The first-order chi connectivity index (χ1) is 9.59. The third-order valence-electron chi connectivity index (χ3n) is 3.90. The molecule has 2 nitrogen and oxygen atoms in total. The largest absolute Gasteiger partial charge is 0.347 e. The summed E-state index contributed by atoms with van der Waals surface area (Å²) in [5.74, 6) is -0.433. The molecule has 0 amide bonds. The molecule has 0 aromatic heterocycles. The molecule has 1 heterocycles. The van der Waals surface area contributed by atoms with Crippen molar-refractivity contribution in [3.05, 3.63) is 35.9 Å². The van der Waals surface area contributed by atoms with E-state index in [4.69, 9.17) is 9.47 Å². The van der Waals surface area contributed by atoms with Crippen LogP contribution in [0.15, 0.2) is 30.3 Å². The quantitative estimate of drug-likeness (QED) is 0.748. The average molecular weight is 276 g/mol. The number of aryl methyl sites for hydroxylation is 1. The number of hydrogen-bond donors (Lipinski definition) is 0. The lowest BCUT2D eigenvalue weighted by Gasteiger charge is -2.41. The van der Waals surface area contributed by atoms with E-state index in [1.165, 1.54) is 18.4 Å². The molecule has 20 heavy (non-hydrogen) atoms. The van der Waals surface area contributed by atoms with Crippen LogP contribution in [0.4, 0.5) is 0 Å². The van der Waals surface area contributed by atoms with E-state index in [-0.39, 0.29) is 0 Å². The summed E-state index contributed by atoms with van der Waals surface area (Å²) in [6.45, 7) is 6.32. The molecule has 0 radical (unpaired) electrons. The summed E-state index contributed by atoms with van der Waals surface area (Å²) in [6, 6.07) is 10.7. The minimum Gasteiger partial charge on any atom is -0.347 e. The van der Waals surface area contributed by atoms with Gasteiger partial charge in [-0.1, -0.05) is 50.1 Å². The summed E-state index contributed by atoms with van der Waals surface area (Å²) in [7, 11) is 0. The van der Waals surface area contributed by atoms with Gasteiger partial charge in [-0.3, -0.25) is 0 Å². The van der Waals surface area contributed by atoms with Crippen LogP contribution >= 0.6 is 0 Å². The topological polar surface area (TPSA) is 18.5 Å². The number of hydrogen-bond acceptors (Lipinski definition) is 2. The fraction of sp³-hybridized carbons (Fsp3) is 0.667. The van der Waals surface area contributed by atoms with Gasteiger partial charge in [0.25, 0.3) is 0 Å². The van der Waals surface area contributed by atoms with E-state index in [9.17, 15) is 0 Å². The van der Waals surface area contributed by atoms with E-state index in [0.29, 0.717) is 12.2 Å². The minimum atomic E-state index is -0.433. The van der Waals surface area contributed by atoms with Crippen LogP contribution in [0.25, 0.3) is 0 Å². The van der Waals surface area contributed by atoms with Crippen molar-refractivity contribution in [3.8, 4) is 0 Å². The molecule has 0 saturated carbocycles. The fourth-order valence-electron chi connectivity index (χ4n) is 2.98. The van der Waals surface area contributed by atoms with E-state index in [2.05, 4.69) is 37.3 Å². The molecule has 112 valence electrons. The van der Waals surface area contributed by atoms with Crippen molar-refractivity contribution >= 4 is 0 Å². The summed E-state index contributed by atoms with van der Waals surface area (Å²) in [4.78, 5) is 0. The molecule has 2 heteroatoms. The van der Waals surface area contributed by atoms with Gasteiger partial charge in [0, 0.05) is 6.42 Å². The SMILES string of the molecule is CCCC[C@H]1C[C@@H](CCc2ccccc2)OC(C)(C)O1. The van der Waals surface area contributed by atoms with Gasteiger partial charge in [-0.2, -0.15) is 0 Å². The Labute approximate surface area is 123 Å². The minimum absolute atomic E-state index is 0.320. The van der Waals surface area contributed by atoms with Gasteiger partial charge in [0.15, 0.2) is 5.79 Å². The van der Waals surface area contributed by atoms with Gasteiger partial charge >= 0.3 is 0 Å². The van der Waals surface area contributed by atoms with Crippen molar-refractivity contribution in [2.24, 2.45) is 0 Å². The molecule has 0 unspecified atom stereocenters. The van der Waals surface area contributed by atoms with E-state index in [1.54, 1.807) is 0 Å². The summed E-state index contributed by atoms with van der Waals surface area (Å²) in [6.07, 6.45) is 7.52. The highest BCUT2D eigenvalue weighted by molar-refractivity contribution is 5.14. The zero-order chi connectivity index (χ0) is 14.4. The van der Waals surface area contributed by atoms with Crippen molar-refractivity contribution in [2.45, 2.75) is 77.3 Å². The second-order valence-electron chi connectivity index (χ2n) is 6.28. The van der Waals surface area contributed by atoms with Crippen molar-refractivity contribution < 1.29 is 9.47 Å². The highest BCUT2D eigenvalue weighted by Gasteiger charge is 2.34. The predicted octanol–water partition coefficient (Wildman–Crippen LogP) is 4.72. The zero-order valence-corrected chi connectivity index (χ0v) is 13.1. The lowest BCUT2D eigenvalue weighted by Crippen LogP contribution is -2.44. The zero-order valence-electron chi connectivity index (χ0n) is 13.1. The van der Waals surface area contributed by atoms with Gasteiger partial charge in [-0.15, -0.1) is 0 Å². The Morgan fingerprint density at radius 1 is 1.05 bits per heavy atom. The first-order valence-corrected chi connectivity index (χ1v) is 7.98. The Balaban J connectivity index is 1.86. The maximum absolute atomic E-state index is 6.08. The van der Waals surface area contributed by atoms with Gasteiger partial charge in [0.2, 0.25) is 0 Å².